The Balaban J connectivity index is 2.62. The van der Waals surface area contributed by atoms with E-state index in [0.717, 1.165) is 11.5 Å². The Morgan fingerprint density at radius 1 is 1.33 bits per heavy atom. The van der Waals surface area contributed by atoms with Crippen LogP contribution in [-0.4, -0.2) is 14.8 Å². The van der Waals surface area contributed by atoms with E-state index in [4.69, 9.17) is 17.3 Å². The van der Waals surface area contributed by atoms with E-state index in [2.05, 4.69) is 10.1 Å². The van der Waals surface area contributed by atoms with Crippen LogP contribution in [-0.2, 0) is 0 Å². The van der Waals surface area contributed by atoms with Crippen molar-refractivity contribution >= 4 is 17.3 Å². The normalized spacial score (nSPS) is 10.6. The number of halogens is 1. The molecule has 5 heteroatoms. The molecule has 0 radical (unpaired) electrons. The molecule has 0 fully saturated rings. The zero-order valence-corrected chi connectivity index (χ0v) is 9.28. The number of rotatable bonds is 1. The molecule has 0 aliphatic carbocycles. The summed E-state index contributed by atoms with van der Waals surface area (Å²) in [4.78, 5) is 4.21. The van der Waals surface area contributed by atoms with Crippen molar-refractivity contribution < 1.29 is 0 Å². The molecule has 1 heterocycles. The van der Waals surface area contributed by atoms with Crippen molar-refractivity contribution in [2.45, 2.75) is 13.8 Å². The van der Waals surface area contributed by atoms with Gasteiger partial charge in [-0.1, -0.05) is 11.6 Å². The molecule has 78 valence electrons. The average Bonchev–Trinajstić information content (AvgIpc) is 2.50. The molecule has 0 atom stereocenters. The molecule has 2 rings (SSSR count). The van der Waals surface area contributed by atoms with E-state index in [1.54, 1.807) is 22.9 Å². The summed E-state index contributed by atoms with van der Waals surface area (Å²) in [5.41, 5.74) is 7.12. The zero-order valence-electron chi connectivity index (χ0n) is 8.53. The van der Waals surface area contributed by atoms with Crippen molar-refractivity contribution in [3.05, 3.63) is 34.9 Å². The minimum absolute atomic E-state index is 0.609. The Bertz CT molecular complexity index is 504. The molecule has 1 aromatic heterocycles. The Kier molecular flexibility index (Phi) is 2.36. The molecule has 0 aliphatic heterocycles. The van der Waals surface area contributed by atoms with Crippen LogP contribution in [0.5, 0.6) is 0 Å². The van der Waals surface area contributed by atoms with Crippen molar-refractivity contribution in [1.82, 2.24) is 14.8 Å². The predicted molar refractivity (Wildman–Crippen MR) is 60.3 cm³/mol. The van der Waals surface area contributed by atoms with Gasteiger partial charge in [0.1, 0.15) is 11.6 Å². The van der Waals surface area contributed by atoms with Crippen molar-refractivity contribution in [3.8, 4) is 5.69 Å². The maximum Gasteiger partial charge on any atom is 0.148 e. The van der Waals surface area contributed by atoms with Crippen molar-refractivity contribution in [2.24, 2.45) is 0 Å². The maximum atomic E-state index is 6.07. The number of nitrogens with zero attached hydrogens (tertiary/aromatic N) is 3. The van der Waals surface area contributed by atoms with Crippen molar-refractivity contribution in [1.29, 1.82) is 0 Å². The summed E-state index contributed by atoms with van der Waals surface area (Å²) < 4.78 is 1.69. The van der Waals surface area contributed by atoms with Crippen LogP contribution in [0.15, 0.2) is 18.2 Å². The van der Waals surface area contributed by atoms with Gasteiger partial charge in [-0.15, -0.1) is 0 Å². The van der Waals surface area contributed by atoms with E-state index in [1.807, 2.05) is 13.8 Å². The molecular formula is C10H11ClN4. The monoisotopic (exact) mass is 222 g/mol. The van der Waals surface area contributed by atoms with E-state index in [9.17, 15) is 0 Å². The van der Waals surface area contributed by atoms with Gasteiger partial charge in [0, 0.05) is 5.69 Å². The van der Waals surface area contributed by atoms with E-state index in [1.165, 1.54) is 0 Å². The smallest absolute Gasteiger partial charge is 0.148 e. The summed E-state index contributed by atoms with van der Waals surface area (Å²) in [7, 11) is 0. The lowest BCUT2D eigenvalue weighted by Gasteiger charge is -2.06. The second-order valence-electron chi connectivity index (χ2n) is 3.33. The summed E-state index contributed by atoms with van der Waals surface area (Å²) in [6, 6.07) is 5.29. The first-order valence-electron chi connectivity index (χ1n) is 4.53. The van der Waals surface area contributed by atoms with E-state index < -0.39 is 0 Å². The summed E-state index contributed by atoms with van der Waals surface area (Å²) in [6.07, 6.45) is 0. The molecule has 0 saturated heterocycles. The predicted octanol–water partition coefficient (Wildman–Crippen LogP) is 2.12. The first kappa shape index (κ1) is 9.98. The van der Waals surface area contributed by atoms with Crippen LogP contribution in [0.2, 0.25) is 5.02 Å². The van der Waals surface area contributed by atoms with Crippen LogP contribution in [0, 0.1) is 13.8 Å². The number of nitrogens with two attached hydrogens (primary N) is 1. The van der Waals surface area contributed by atoms with Gasteiger partial charge in [-0.3, -0.25) is 0 Å². The van der Waals surface area contributed by atoms with Gasteiger partial charge in [-0.25, -0.2) is 9.67 Å². The van der Waals surface area contributed by atoms with E-state index in [0.29, 0.717) is 16.5 Å². The van der Waals surface area contributed by atoms with Gasteiger partial charge < -0.3 is 5.73 Å². The van der Waals surface area contributed by atoms with Crippen LogP contribution in [0.4, 0.5) is 5.69 Å². The van der Waals surface area contributed by atoms with Crippen LogP contribution >= 0.6 is 11.6 Å². The van der Waals surface area contributed by atoms with Crippen molar-refractivity contribution in [3.63, 3.8) is 0 Å². The topological polar surface area (TPSA) is 56.7 Å². The van der Waals surface area contributed by atoms with Gasteiger partial charge in [-0.2, -0.15) is 5.10 Å². The largest absolute Gasteiger partial charge is 0.399 e. The molecule has 4 nitrogen and oxygen atoms in total. The lowest BCUT2D eigenvalue weighted by Crippen LogP contribution is -2.01. The van der Waals surface area contributed by atoms with Crippen LogP contribution in [0.3, 0.4) is 0 Å². The summed E-state index contributed by atoms with van der Waals surface area (Å²) in [6.45, 7) is 3.71. The molecule has 0 unspecified atom stereocenters. The highest BCUT2D eigenvalue weighted by Gasteiger charge is 2.08. The minimum atomic E-state index is 0.609. The highest BCUT2D eigenvalue weighted by atomic mass is 35.5. The fourth-order valence-corrected chi connectivity index (χ4v) is 1.64. The zero-order chi connectivity index (χ0) is 11.0. The molecule has 2 N–H and O–H groups in total. The van der Waals surface area contributed by atoms with Crippen LogP contribution in [0.1, 0.15) is 11.6 Å². The minimum Gasteiger partial charge on any atom is -0.399 e. The van der Waals surface area contributed by atoms with Gasteiger partial charge in [-0.05, 0) is 32.0 Å². The van der Waals surface area contributed by atoms with E-state index in [-0.39, 0.29) is 0 Å². The number of aromatic nitrogens is 3. The lowest BCUT2D eigenvalue weighted by atomic mass is 10.3. The second-order valence-corrected chi connectivity index (χ2v) is 3.74. The van der Waals surface area contributed by atoms with E-state index >= 15 is 0 Å². The Morgan fingerprint density at radius 3 is 2.67 bits per heavy atom. The molecule has 0 bridgehead atoms. The van der Waals surface area contributed by atoms with Crippen LogP contribution < -0.4 is 5.73 Å². The maximum absolute atomic E-state index is 6.07. The quantitative estimate of drug-likeness (QED) is 0.752. The molecule has 0 amide bonds. The SMILES string of the molecule is Cc1nc(C)n(-c2cc(N)ccc2Cl)n1. The number of aryl methyl sites for hydroxylation is 2. The van der Waals surface area contributed by atoms with Gasteiger partial charge in [0.15, 0.2) is 0 Å². The first-order chi connectivity index (χ1) is 7.08. The highest BCUT2D eigenvalue weighted by molar-refractivity contribution is 6.32. The van der Waals surface area contributed by atoms with Crippen molar-refractivity contribution in [2.75, 3.05) is 5.73 Å². The number of nitrogen functional groups attached to an aromatic ring is 1. The Labute approximate surface area is 92.7 Å². The molecule has 0 spiro atoms. The standard InChI is InChI=1S/C10H11ClN4/c1-6-13-7(2)15(14-6)10-5-8(12)3-4-9(10)11/h3-5H,12H2,1-2H3. The third kappa shape index (κ3) is 1.80. The number of hydrogen-bond donors (Lipinski definition) is 1. The summed E-state index contributed by atoms with van der Waals surface area (Å²) in [5, 5.41) is 4.86. The Morgan fingerprint density at radius 2 is 2.07 bits per heavy atom. The second kappa shape index (κ2) is 3.55. The van der Waals surface area contributed by atoms with Crippen LogP contribution in [0.25, 0.3) is 5.69 Å². The third-order valence-electron chi connectivity index (χ3n) is 2.07. The number of hydrogen-bond acceptors (Lipinski definition) is 3. The fraction of sp³-hybridized carbons (Fsp3) is 0.200. The molecule has 2 aromatic rings. The Hall–Kier alpha value is -1.55. The van der Waals surface area contributed by atoms with Gasteiger partial charge in [0.05, 0.1) is 10.7 Å². The first-order valence-corrected chi connectivity index (χ1v) is 4.91. The molecule has 0 aliphatic rings. The molecular weight excluding hydrogens is 212 g/mol. The van der Waals surface area contributed by atoms with Gasteiger partial charge >= 0.3 is 0 Å². The van der Waals surface area contributed by atoms with Gasteiger partial charge in [0.25, 0.3) is 0 Å². The summed E-state index contributed by atoms with van der Waals surface area (Å²) in [5.74, 6) is 1.51. The lowest BCUT2D eigenvalue weighted by molar-refractivity contribution is 0.832. The molecule has 1 aromatic carbocycles. The molecule has 15 heavy (non-hydrogen) atoms. The molecule has 0 saturated carbocycles. The number of benzene rings is 1. The highest BCUT2D eigenvalue weighted by Crippen LogP contribution is 2.23. The van der Waals surface area contributed by atoms with Gasteiger partial charge in [0.2, 0.25) is 0 Å². The third-order valence-corrected chi connectivity index (χ3v) is 2.39. The fourth-order valence-electron chi connectivity index (χ4n) is 1.44. The summed E-state index contributed by atoms with van der Waals surface area (Å²) >= 11 is 6.07. The number of anilines is 1. The average molecular weight is 223 g/mol.